The van der Waals surface area contributed by atoms with Gasteiger partial charge < -0.3 is 15.7 Å². The fraction of sp³-hybridized carbons (Fsp3) is 0.467. The van der Waals surface area contributed by atoms with E-state index in [0.717, 1.165) is 5.56 Å². The van der Waals surface area contributed by atoms with Crippen molar-refractivity contribution in [3.8, 4) is 0 Å². The minimum absolute atomic E-state index is 0.0461. The third-order valence-electron chi connectivity index (χ3n) is 3.91. The number of hydrogen-bond acceptors (Lipinski definition) is 3. The maximum atomic E-state index is 12.3. The molecule has 1 fully saturated rings. The number of piperidine rings is 1. The van der Waals surface area contributed by atoms with Gasteiger partial charge in [-0.15, -0.1) is 0 Å². The predicted octanol–water partition coefficient (Wildman–Crippen LogP) is 1.76. The van der Waals surface area contributed by atoms with Crippen LogP contribution in [0.1, 0.15) is 24.8 Å². The SMILES string of the molecule is NC(=O)[C@]1(O)CCCN(C(=O)CCc2ccc(Cl)cc2Cl)C1. The summed E-state index contributed by atoms with van der Waals surface area (Å²) >= 11 is 11.9. The van der Waals surface area contributed by atoms with E-state index in [0.29, 0.717) is 29.4 Å². The minimum atomic E-state index is -1.62. The molecule has 1 atom stereocenters. The molecule has 0 saturated carbocycles. The first-order valence-electron chi connectivity index (χ1n) is 7.06. The van der Waals surface area contributed by atoms with Crippen LogP contribution in [0.4, 0.5) is 0 Å². The van der Waals surface area contributed by atoms with E-state index in [4.69, 9.17) is 28.9 Å². The van der Waals surface area contributed by atoms with Gasteiger partial charge in [0.05, 0.1) is 6.54 Å². The Kier molecular flexibility index (Phi) is 5.32. The molecule has 0 bridgehead atoms. The molecule has 1 aromatic rings. The second-order valence-electron chi connectivity index (χ2n) is 5.55. The summed E-state index contributed by atoms with van der Waals surface area (Å²) in [5.41, 5.74) is 4.42. The first kappa shape index (κ1) is 17.1. The number of halogens is 2. The molecule has 1 aliphatic heterocycles. The molecule has 1 heterocycles. The largest absolute Gasteiger partial charge is 0.378 e. The average Bonchev–Trinajstić information content (AvgIpc) is 2.46. The Labute approximate surface area is 139 Å². The molecule has 2 rings (SSSR count). The molecule has 0 spiro atoms. The number of rotatable bonds is 4. The fourth-order valence-electron chi connectivity index (χ4n) is 2.57. The van der Waals surface area contributed by atoms with Crippen LogP contribution >= 0.6 is 23.2 Å². The van der Waals surface area contributed by atoms with Gasteiger partial charge in [0.25, 0.3) is 5.91 Å². The Morgan fingerprint density at radius 3 is 2.73 bits per heavy atom. The molecule has 2 amide bonds. The zero-order chi connectivity index (χ0) is 16.3. The molecule has 0 aliphatic carbocycles. The quantitative estimate of drug-likeness (QED) is 0.872. The molecule has 7 heteroatoms. The molecule has 3 N–H and O–H groups in total. The van der Waals surface area contributed by atoms with Crippen LogP contribution in [0.15, 0.2) is 18.2 Å². The number of nitrogens with two attached hydrogens (primary N) is 1. The highest BCUT2D eigenvalue weighted by Gasteiger charge is 2.39. The van der Waals surface area contributed by atoms with Crippen molar-refractivity contribution in [1.82, 2.24) is 4.90 Å². The molecule has 0 aromatic heterocycles. The van der Waals surface area contributed by atoms with Crippen molar-refractivity contribution in [3.05, 3.63) is 33.8 Å². The Morgan fingerprint density at radius 1 is 1.36 bits per heavy atom. The lowest BCUT2D eigenvalue weighted by Gasteiger charge is -2.37. The number of carbonyl (C=O) groups is 2. The van der Waals surface area contributed by atoms with Gasteiger partial charge in [0.15, 0.2) is 5.60 Å². The molecule has 1 saturated heterocycles. The van der Waals surface area contributed by atoms with Crippen LogP contribution in [-0.4, -0.2) is 40.5 Å². The van der Waals surface area contributed by atoms with Crippen molar-refractivity contribution in [1.29, 1.82) is 0 Å². The van der Waals surface area contributed by atoms with Crippen LogP contribution in [0, 0.1) is 0 Å². The average molecular weight is 345 g/mol. The number of nitrogens with zero attached hydrogens (tertiary/aromatic N) is 1. The van der Waals surface area contributed by atoms with E-state index in [9.17, 15) is 14.7 Å². The van der Waals surface area contributed by atoms with E-state index in [1.54, 1.807) is 18.2 Å². The summed E-state index contributed by atoms with van der Waals surface area (Å²) in [5, 5.41) is 11.2. The molecule has 5 nitrogen and oxygen atoms in total. The third kappa shape index (κ3) is 3.91. The zero-order valence-electron chi connectivity index (χ0n) is 12.0. The smallest absolute Gasteiger partial charge is 0.251 e. The summed E-state index contributed by atoms with van der Waals surface area (Å²) in [6, 6.07) is 5.14. The summed E-state index contributed by atoms with van der Waals surface area (Å²) in [4.78, 5) is 25.0. The van der Waals surface area contributed by atoms with Gasteiger partial charge in [-0.2, -0.15) is 0 Å². The molecule has 22 heavy (non-hydrogen) atoms. The number of β-amino-alcohol motifs (C(OH)–C–C–N with tert-alkyl or cyclic N) is 1. The maximum Gasteiger partial charge on any atom is 0.251 e. The number of hydrogen-bond donors (Lipinski definition) is 2. The van der Waals surface area contributed by atoms with E-state index in [2.05, 4.69) is 0 Å². The molecular formula is C15H18Cl2N2O3. The molecular weight excluding hydrogens is 327 g/mol. The van der Waals surface area contributed by atoms with Gasteiger partial charge in [-0.1, -0.05) is 29.3 Å². The van der Waals surface area contributed by atoms with Crippen molar-refractivity contribution in [2.24, 2.45) is 5.73 Å². The van der Waals surface area contributed by atoms with Crippen LogP contribution < -0.4 is 5.73 Å². The summed E-state index contributed by atoms with van der Waals surface area (Å²) in [5.74, 6) is -0.920. The van der Waals surface area contributed by atoms with Crippen LogP contribution in [0.3, 0.4) is 0 Å². The van der Waals surface area contributed by atoms with Gasteiger partial charge in [-0.3, -0.25) is 9.59 Å². The number of aryl methyl sites for hydroxylation is 1. The normalized spacial score (nSPS) is 21.7. The summed E-state index contributed by atoms with van der Waals surface area (Å²) in [6.07, 6.45) is 1.55. The van der Waals surface area contributed by atoms with Crippen molar-refractivity contribution in [3.63, 3.8) is 0 Å². The predicted molar refractivity (Wildman–Crippen MR) is 84.7 cm³/mol. The first-order chi connectivity index (χ1) is 10.3. The van der Waals surface area contributed by atoms with E-state index in [-0.39, 0.29) is 25.3 Å². The highest BCUT2D eigenvalue weighted by Crippen LogP contribution is 2.24. The van der Waals surface area contributed by atoms with E-state index < -0.39 is 11.5 Å². The van der Waals surface area contributed by atoms with Crippen molar-refractivity contribution in [2.45, 2.75) is 31.3 Å². The maximum absolute atomic E-state index is 12.3. The highest BCUT2D eigenvalue weighted by molar-refractivity contribution is 6.35. The molecule has 120 valence electrons. The van der Waals surface area contributed by atoms with E-state index in [1.165, 1.54) is 4.90 Å². The Bertz CT molecular complexity index is 594. The number of amides is 2. The Morgan fingerprint density at radius 2 is 2.09 bits per heavy atom. The third-order valence-corrected chi connectivity index (χ3v) is 4.49. The topological polar surface area (TPSA) is 83.6 Å². The standard InChI is InChI=1S/C15H18Cl2N2O3/c16-11-4-2-10(12(17)8-11)3-5-13(20)19-7-1-6-15(22,9-19)14(18)21/h2,4,8,22H,1,3,5-7,9H2,(H2,18,21)/t15-/m0/s1. The van der Waals surface area contributed by atoms with Gasteiger partial charge in [0.2, 0.25) is 5.91 Å². The molecule has 1 aliphatic rings. The number of benzene rings is 1. The van der Waals surface area contributed by atoms with E-state index in [1.807, 2.05) is 0 Å². The summed E-state index contributed by atoms with van der Waals surface area (Å²) < 4.78 is 0. The Balaban J connectivity index is 1.96. The number of primary amides is 1. The lowest BCUT2D eigenvalue weighted by Crippen LogP contribution is -2.57. The van der Waals surface area contributed by atoms with E-state index >= 15 is 0 Å². The van der Waals surface area contributed by atoms with Crippen LogP contribution in [0.25, 0.3) is 0 Å². The molecule has 0 radical (unpaired) electrons. The summed E-state index contributed by atoms with van der Waals surface area (Å²) in [6.45, 7) is 0.471. The first-order valence-corrected chi connectivity index (χ1v) is 7.81. The number of carbonyl (C=O) groups excluding carboxylic acids is 2. The molecule has 0 unspecified atom stereocenters. The lowest BCUT2D eigenvalue weighted by molar-refractivity contribution is -0.148. The lowest BCUT2D eigenvalue weighted by atomic mass is 9.92. The van der Waals surface area contributed by atoms with Gasteiger partial charge >= 0.3 is 0 Å². The highest BCUT2D eigenvalue weighted by atomic mass is 35.5. The van der Waals surface area contributed by atoms with Gasteiger partial charge in [0.1, 0.15) is 0 Å². The number of aliphatic hydroxyl groups is 1. The van der Waals surface area contributed by atoms with Crippen molar-refractivity contribution in [2.75, 3.05) is 13.1 Å². The van der Waals surface area contributed by atoms with Gasteiger partial charge in [-0.25, -0.2) is 0 Å². The van der Waals surface area contributed by atoms with Crippen molar-refractivity contribution >= 4 is 35.0 Å². The van der Waals surface area contributed by atoms with Gasteiger partial charge in [-0.05, 0) is 37.0 Å². The minimum Gasteiger partial charge on any atom is -0.378 e. The summed E-state index contributed by atoms with van der Waals surface area (Å²) in [7, 11) is 0. The second-order valence-corrected chi connectivity index (χ2v) is 6.39. The monoisotopic (exact) mass is 344 g/mol. The second kappa shape index (κ2) is 6.86. The van der Waals surface area contributed by atoms with Gasteiger partial charge in [0, 0.05) is 23.0 Å². The Hall–Kier alpha value is -1.30. The van der Waals surface area contributed by atoms with Crippen LogP contribution in [-0.2, 0) is 16.0 Å². The van der Waals surface area contributed by atoms with Crippen LogP contribution in [0.5, 0.6) is 0 Å². The number of likely N-dealkylation sites (tertiary alicyclic amines) is 1. The molecule has 1 aromatic carbocycles. The van der Waals surface area contributed by atoms with Crippen molar-refractivity contribution < 1.29 is 14.7 Å². The van der Waals surface area contributed by atoms with Crippen LogP contribution in [0.2, 0.25) is 10.0 Å². The zero-order valence-corrected chi connectivity index (χ0v) is 13.5. The fourth-order valence-corrected chi connectivity index (χ4v) is 3.08.